The first-order chi connectivity index (χ1) is 8.40. The first-order valence-electron chi connectivity index (χ1n) is 6.54. The Morgan fingerprint density at radius 1 is 1.39 bits per heavy atom. The van der Waals surface area contributed by atoms with E-state index in [1.165, 1.54) is 6.26 Å². The fourth-order valence-corrected chi connectivity index (χ4v) is 3.15. The molecule has 0 bridgehead atoms. The van der Waals surface area contributed by atoms with Gasteiger partial charge in [0.2, 0.25) is 0 Å². The van der Waals surface area contributed by atoms with Crippen LogP contribution in [-0.2, 0) is 19.3 Å². The fraction of sp³-hybridized carbons (Fsp3) is 1.00. The van der Waals surface area contributed by atoms with Crippen LogP contribution in [0.15, 0.2) is 0 Å². The minimum absolute atomic E-state index is 0.122. The Hall–Kier alpha value is -0.170. The topological polar surface area (TPSA) is 78.6 Å². The number of rotatable bonds is 7. The predicted octanol–water partition coefficient (Wildman–Crippen LogP) is 0.724. The summed E-state index contributed by atoms with van der Waals surface area (Å²) in [5.41, 5.74) is 5.89. The lowest BCUT2D eigenvalue weighted by Gasteiger charge is -2.41. The van der Waals surface area contributed by atoms with E-state index in [0.29, 0.717) is 32.7 Å². The predicted molar refractivity (Wildman–Crippen MR) is 71.3 cm³/mol. The van der Waals surface area contributed by atoms with Gasteiger partial charge in [-0.3, -0.25) is 0 Å². The molecule has 108 valence electrons. The maximum Gasteiger partial charge on any atom is 0.147 e. The van der Waals surface area contributed by atoms with Crippen molar-refractivity contribution in [2.24, 2.45) is 5.73 Å². The first-order valence-corrected chi connectivity index (χ1v) is 8.61. The van der Waals surface area contributed by atoms with E-state index in [1.54, 1.807) is 0 Å². The molecule has 1 rings (SSSR count). The molecular formula is C12H25NO4S. The van der Waals surface area contributed by atoms with Gasteiger partial charge in [0.1, 0.15) is 9.84 Å². The Bertz CT molecular complexity index is 330. The summed E-state index contributed by atoms with van der Waals surface area (Å²) < 4.78 is 33.4. The smallest absolute Gasteiger partial charge is 0.147 e. The summed E-state index contributed by atoms with van der Waals surface area (Å²) in [5, 5.41) is 0. The zero-order valence-corrected chi connectivity index (χ0v) is 12.2. The second-order valence-electron chi connectivity index (χ2n) is 4.99. The Morgan fingerprint density at radius 2 is 2.00 bits per heavy atom. The van der Waals surface area contributed by atoms with Crippen molar-refractivity contribution in [2.45, 2.75) is 44.2 Å². The third kappa shape index (κ3) is 4.84. The number of nitrogens with two attached hydrogens (primary N) is 1. The largest absolute Gasteiger partial charge is 0.381 e. The molecule has 0 amide bonds. The van der Waals surface area contributed by atoms with E-state index in [-0.39, 0.29) is 17.4 Å². The van der Waals surface area contributed by atoms with Gasteiger partial charge in [-0.2, -0.15) is 0 Å². The van der Waals surface area contributed by atoms with Gasteiger partial charge in [0, 0.05) is 50.7 Å². The molecular weight excluding hydrogens is 254 g/mol. The van der Waals surface area contributed by atoms with Gasteiger partial charge >= 0.3 is 0 Å². The molecule has 0 aliphatic carbocycles. The van der Waals surface area contributed by atoms with E-state index in [9.17, 15) is 8.42 Å². The Labute approximate surface area is 110 Å². The molecule has 1 atom stereocenters. The van der Waals surface area contributed by atoms with E-state index >= 15 is 0 Å². The van der Waals surface area contributed by atoms with Crippen molar-refractivity contribution in [1.29, 1.82) is 0 Å². The van der Waals surface area contributed by atoms with Crippen molar-refractivity contribution in [3.8, 4) is 0 Å². The molecule has 1 aliphatic heterocycles. The van der Waals surface area contributed by atoms with E-state index in [1.807, 2.05) is 6.92 Å². The van der Waals surface area contributed by atoms with Crippen LogP contribution in [-0.4, -0.2) is 51.9 Å². The monoisotopic (exact) mass is 279 g/mol. The average molecular weight is 279 g/mol. The van der Waals surface area contributed by atoms with Gasteiger partial charge < -0.3 is 15.2 Å². The van der Waals surface area contributed by atoms with Crippen molar-refractivity contribution in [1.82, 2.24) is 0 Å². The van der Waals surface area contributed by atoms with Gasteiger partial charge in [-0.15, -0.1) is 0 Å². The molecule has 1 aliphatic rings. The molecule has 18 heavy (non-hydrogen) atoms. The molecule has 6 heteroatoms. The summed E-state index contributed by atoms with van der Waals surface area (Å²) in [5.74, 6) is 0.194. The van der Waals surface area contributed by atoms with Gasteiger partial charge in [0.25, 0.3) is 0 Å². The average Bonchev–Trinajstić information content (AvgIpc) is 2.29. The first kappa shape index (κ1) is 15.9. The highest BCUT2D eigenvalue weighted by Gasteiger charge is 2.38. The lowest BCUT2D eigenvalue weighted by Crippen LogP contribution is -2.53. The number of ether oxygens (including phenoxy) is 2. The van der Waals surface area contributed by atoms with Gasteiger partial charge in [-0.1, -0.05) is 0 Å². The molecule has 1 unspecified atom stereocenters. The van der Waals surface area contributed by atoms with Crippen molar-refractivity contribution >= 4 is 9.84 Å². The Kier molecular flexibility index (Phi) is 6.04. The summed E-state index contributed by atoms with van der Waals surface area (Å²) in [6.45, 7) is 3.92. The van der Waals surface area contributed by atoms with Crippen LogP contribution in [0.5, 0.6) is 0 Å². The molecule has 2 N–H and O–H groups in total. The summed E-state index contributed by atoms with van der Waals surface area (Å²) in [6.07, 6.45) is 4.11. The normalized spacial score (nSPS) is 21.7. The number of sulfone groups is 1. The highest BCUT2D eigenvalue weighted by Crippen LogP contribution is 2.30. The van der Waals surface area contributed by atoms with Gasteiger partial charge in [0.15, 0.2) is 0 Å². The Morgan fingerprint density at radius 3 is 2.50 bits per heavy atom. The minimum atomic E-state index is -2.90. The highest BCUT2D eigenvalue weighted by atomic mass is 32.2. The molecule has 1 heterocycles. The number of hydrogen-bond donors (Lipinski definition) is 1. The van der Waals surface area contributed by atoms with Crippen LogP contribution in [0.25, 0.3) is 0 Å². The summed E-state index contributed by atoms with van der Waals surface area (Å²) in [6, 6.07) is -0.122. The van der Waals surface area contributed by atoms with Crippen LogP contribution in [0.3, 0.4) is 0 Å². The van der Waals surface area contributed by atoms with E-state index < -0.39 is 9.84 Å². The zero-order chi connectivity index (χ0) is 13.6. The molecule has 0 aromatic rings. The summed E-state index contributed by atoms with van der Waals surface area (Å²) in [4.78, 5) is 0. The van der Waals surface area contributed by atoms with Crippen molar-refractivity contribution in [3.63, 3.8) is 0 Å². The van der Waals surface area contributed by atoms with E-state index in [2.05, 4.69) is 0 Å². The van der Waals surface area contributed by atoms with Crippen molar-refractivity contribution in [2.75, 3.05) is 31.8 Å². The summed E-state index contributed by atoms with van der Waals surface area (Å²) in [7, 11) is -2.90. The third-order valence-electron chi connectivity index (χ3n) is 3.48. The molecule has 1 saturated heterocycles. The van der Waals surface area contributed by atoms with Crippen LogP contribution < -0.4 is 5.73 Å². The maximum absolute atomic E-state index is 11.1. The van der Waals surface area contributed by atoms with E-state index in [0.717, 1.165) is 12.8 Å². The van der Waals surface area contributed by atoms with Gasteiger partial charge in [-0.25, -0.2) is 8.42 Å². The molecule has 1 fully saturated rings. The lowest BCUT2D eigenvalue weighted by atomic mass is 9.84. The standard InChI is InChI=1S/C12H25NO4S/c1-3-17-12(6-8-16-9-7-12)11(13)5-4-10-18(2,14)15/h11H,3-10,13H2,1-2H3. The summed E-state index contributed by atoms with van der Waals surface area (Å²) >= 11 is 0. The molecule has 0 spiro atoms. The second kappa shape index (κ2) is 6.84. The molecule has 5 nitrogen and oxygen atoms in total. The van der Waals surface area contributed by atoms with Crippen molar-refractivity contribution < 1.29 is 17.9 Å². The SMILES string of the molecule is CCOC1(C(N)CCCS(C)(=O)=O)CCOCC1. The fourth-order valence-electron chi connectivity index (χ4n) is 2.46. The molecule has 0 aromatic heterocycles. The molecule has 0 aromatic carbocycles. The van der Waals surface area contributed by atoms with Crippen LogP contribution in [0, 0.1) is 0 Å². The van der Waals surface area contributed by atoms with Crippen LogP contribution >= 0.6 is 0 Å². The highest BCUT2D eigenvalue weighted by molar-refractivity contribution is 7.90. The quantitative estimate of drug-likeness (QED) is 0.743. The Balaban J connectivity index is 2.51. The van der Waals surface area contributed by atoms with Crippen LogP contribution in [0.1, 0.15) is 32.6 Å². The molecule has 0 saturated carbocycles. The van der Waals surface area contributed by atoms with Crippen LogP contribution in [0.2, 0.25) is 0 Å². The van der Waals surface area contributed by atoms with Crippen LogP contribution in [0.4, 0.5) is 0 Å². The van der Waals surface area contributed by atoms with Crippen molar-refractivity contribution in [3.05, 3.63) is 0 Å². The zero-order valence-electron chi connectivity index (χ0n) is 11.4. The van der Waals surface area contributed by atoms with E-state index in [4.69, 9.17) is 15.2 Å². The molecule has 0 radical (unpaired) electrons. The third-order valence-corrected chi connectivity index (χ3v) is 4.51. The van der Waals surface area contributed by atoms with Gasteiger partial charge in [-0.05, 0) is 19.8 Å². The maximum atomic E-state index is 11.1. The minimum Gasteiger partial charge on any atom is -0.381 e. The second-order valence-corrected chi connectivity index (χ2v) is 7.25. The lowest BCUT2D eigenvalue weighted by molar-refractivity contribution is -0.121. The number of hydrogen-bond acceptors (Lipinski definition) is 5. The van der Waals surface area contributed by atoms with Gasteiger partial charge in [0.05, 0.1) is 5.60 Å².